The first-order valence-electron chi connectivity index (χ1n) is 5.35. The first kappa shape index (κ1) is 12.9. The predicted molar refractivity (Wildman–Crippen MR) is 58.0 cm³/mol. The normalized spacial score (nSPS) is 16.2. The monoisotopic (exact) mass is 187 g/mol. The van der Waals surface area contributed by atoms with Gasteiger partial charge >= 0.3 is 0 Å². The summed E-state index contributed by atoms with van der Waals surface area (Å²) in [6.45, 7) is 10.9. The third-order valence-electron chi connectivity index (χ3n) is 2.68. The van der Waals surface area contributed by atoms with Crippen molar-refractivity contribution in [2.75, 3.05) is 20.3 Å². The zero-order chi connectivity index (χ0) is 10.3. The fraction of sp³-hybridized carbons (Fsp3) is 1.00. The van der Waals surface area contributed by atoms with Crippen LogP contribution in [-0.2, 0) is 4.74 Å². The average molecular weight is 187 g/mol. The molecular formula is C11H25NO. The number of methoxy groups -OCH3 is 1. The summed E-state index contributed by atoms with van der Waals surface area (Å²) in [7, 11) is 1.77. The van der Waals surface area contributed by atoms with Crippen LogP contribution in [0.1, 0.15) is 34.1 Å². The van der Waals surface area contributed by atoms with Crippen LogP contribution in [0.2, 0.25) is 0 Å². The average Bonchev–Trinajstić information content (AvgIpc) is 2.05. The number of rotatable bonds is 7. The maximum atomic E-state index is 5.12. The maximum absolute atomic E-state index is 5.12. The molecule has 0 fully saturated rings. The molecule has 1 N–H and O–H groups in total. The molecule has 80 valence electrons. The van der Waals surface area contributed by atoms with Gasteiger partial charge in [0.25, 0.3) is 0 Å². The van der Waals surface area contributed by atoms with Crippen molar-refractivity contribution in [1.29, 1.82) is 0 Å². The summed E-state index contributed by atoms with van der Waals surface area (Å²) in [6, 6.07) is 0.597. The van der Waals surface area contributed by atoms with E-state index in [9.17, 15) is 0 Å². The van der Waals surface area contributed by atoms with Crippen LogP contribution in [0.4, 0.5) is 0 Å². The van der Waals surface area contributed by atoms with Crippen LogP contribution in [0.25, 0.3) is 0 Å². The van der Waals surface area contributed by atoms with Crippen LogP contribution in [0.5, 0.6) is 0 Å². The van der Waals surface area contributed by atoms with Crippen LogP contribution in [-0.4, -0.2) is 26.3 Å². The van der Waals surface area contributed by atoms with E-state index >= 15 is 0 Å². The van der Waals surface area contributed by atoms with Crippen LogP contribution in [0.3, 0.4) is 0 Å². The molecular weight excluding hydrogens is 162 g/mol. The van der Waals surface area contributed by atoms with E-state index in [0.29, 0.717) is 6.04 Å². The fourth-order valence-electron chi connectivity index (χ4n) is 1.89. The Balaban J connectivity index is 3.91. The lowest BCUT2D eigenvalue weighted by atomic mass is 9.87. The van der Waals surface area contributed by atoms with Gasteiger partial charge in [0.15, 0.2) is 0 Å². The Morgan fingerprint density at radius 3 is 2.23 bits per heavy atom. The molecule has 0 bridgehead atoms. The third-order valence-corrected chi connectivity index (χ3v) is 2.68. The molecule has 0 spiro atoms. The van der Waals surface area contributed by atoms with Gasteiger partial charge in [-0.2, -0.15) is 0 Å². The molecule has 2 unspecified atom stereocenters. The first-order chi connectivity index (χ1) is 6.13. The van der Waals surface area contributed by atoms with Crippen molar-refractivity contribution in [1.82, 2.24) is 5.32 Å². The summed E-state index contributed by atoms with van der Waals surface area (Å²) < 4.78 is 5.12. The van der Waals surface area contributed by atoms with Crippen LogP contribution < -0.4 is 5.32 Å². The lowest BCUT2D eigenvalue weighted by molar-refractivity contribution is 0.151. The van der Waals surface area contributed by atoms with Crippen LogP contribution in [0, 0.1) is 11.8 Å². The standard InChI is InChI=1S/C11H25NO/c1-6-12-10(4)11(9(2)3)7-8-13-5/h9-12H,6-8H2,1-5H3. The van der Waals surface area contributed by atoms with Crippen molar-refractivity contribution in [2.45, 2.75) is 40.2 Å². The maximum Gasteiger partial charge on any atom is 0.0465 e. The smallest absolute Gasteiger partial charge is 0.0465 e. The fourth-order valence-corrected chi connectivity index (χ4v) is 1.89. The van der Waals surface area contributed by atoms with Crippen molar-refractivity contribution in [2.24, 2.45) is 11.8 Å². The van der Waals surface area contributed by atoms with Gasteiger partial charge in [0.1, 0.15) is 0 Å². The summed E-state index contributed by atoms with van der Waals surface area (Å²) in [6.07, 6.45) is 1.16. The topological polar surface area (TPSA) is 21.3 Å². The molecule has 0 rings (SSSR count). The van der Waals surface area contributed by atoms with Crippen molar-refractivity contribution >= 4 is 0 Å². The highest BCUT2D eigenvalue weighted by Crippen LogP contribution is 2.19. The Hall–Kier alpha value is -0.0800. The molecule has 2 atom stereocenters. The van der Waals surface area contributed by atoms with E-state index in [1.807, 2.05) is 0 Å². The molecule has 0 heterocycles. The van der Waals surface area contributed by atoms with E-state index in [-0.39, 0.29) is 0 Å². The summed E-state index contributed by atoms with van der Waals surface area (Å²) >= 11 is 0. The Kier molecular flexibility index (Phi) is 7.29. The minimum atomic E-state index is 0.597. The summed E-state index contributed by atoms with van der Waals surface area (Å²) in [5, 5.41) is 3.48. The Labute approximate surface area is 83.1 Å². The molecule has 0 saturated heterocycles. The number of hydrogen-bond acceptors (Lipinski definition) is 2. The molecule has 0 aromatic rings. The van der Waals surface area contributed by atoms with Crippen LogP contribution in [0.15, 0.2) is 0 Å². The minimum Gasteiger partial charge on any atom is -0.385 e. The second-order valence-electron chi connectivity index (χ2n) is 4.04. The Morgan fingerprint density at radius 2 is 1.85 bits per heavy atom. The predicted octanol–water partition coefficient (Wildman–Crippen LogP) is 2.29. The summed E-state index contributed by atoms with van der Waals surface area (Å²) in [5.74, 6) is 1.45. The second kappa shape index (κ2) is 7.34. The lowest BCUT2D eigenvalue weighted by Crippen LogP contribution is -2.36. The minimum absolute atomic E-state index is 0.597. The number of ether oxygens (including phenoxy) is 1. The van der Waals surface area contributed by atoms with Crippen molar-refractivity contribution in [3.8, 4) is 0 Å². The lowest BCUT2D eigenvalue weighted by Gasteiger charge is -2.27. The third kappa shape index (κ3) is 5.27. The molecule has 2 heteroatoms. The zero-order valence-electron chi connectivity index (χ0n) is 9.76. The number of hydrogen-bond donors (Lipinski definition) is 1. The van der Waals surface area contributed by atoms with Gasteiger partial charge < -0.3 is 10.1 Å². The molecule has 0 aliphatic rings. The van der Waals surface area contributed by atoms with Gasteiger partial charge in [-0.05, 0) is 31.7 Å². The molecule has 0 saturated carbocycles. The zero-order valence-corrected chi connectivity index (χ0v) is 9.76. The highest BCUT2D eigenvalue weighted by atomic mass is 16.5. The molecule has 0 aliphatic carbocycles. The highest BCUT2D eigenvalue weighted by Gasteiger charge is 2.19. The molecule has 0 radical (unpaired) electrons. The SMILES string of the molecule is CCNC(C)C(CCOC)C(C)C. The van der Waals surface area contributed by atoms with E-state index in [4.69, 9.17) is 4.74 Å². The van der Waals surface area contributed by atoms with E-state index < -0.39 is 0 Å². The highest BCUT2D eigenvalue weighted by molar-refractivity contribution is 4.74. The van der Waals surface area contributed by atoms with Gasteiger partial charge in [0, 0.05) is 19.8 Å². The first-order valence-corrected chi connectivity index (χ1v) is 5.35. The summed E-state index contributed by atoms with van der Waals surface area (Å²) in [5.41, 5.74) is 0. The van der Waals surface area contributed by atoms with Crippen molar-refractivity contribution in [3.63, 3.8) is 0 Å². The van der Waals surface area contributed by atoms with Gasteiger partial charge in [-0.25, -0.2) is 0 Å². The Bertz CT molecular complexity index is 115. The van der Waals surface area contributed by atoms with Crippen LogP contribution >= 0.6 is 0 Å². The van der Waals surface area contributed by atoms with Gasteiger partial charge in [0.05, 0.1) is 0 Å². The second-order valence-corrected chi connectivity index (χ2v) is 4.04. The van der Waals surface area contributed by atoms with E-state index in [2.05, 4.69) is 33.0 Å². The molecule has 0 aromatic heterocycles. The molecule has 0 aromatic carbocycles. The molecule has 0 aliphatic heterocycles. The quantitative estimate of drug-likeness (QED) is 0.660. The van der Waals surface area contributed by atoms with Gasteiger partial charge in [-0.1, -0.05) is 20.8 Å². The van der Waals surface area contributed by atoms with Crippen molar-refractivity contribution in [3.05, 3.63) is 0 Å². The van der Waals surface area contributed by atoms with Gasteiger partial charge in [-0.3, -0.25) is 0 Å². The summed E-state index contributed by atoms with van der Waals surface area (Å²) in [4.78, 5) is 0. The number of nitrogens with one attached hydrogen (secondary N) is 1. The van der Waals surface area contributed by atoms with E-state index in [1.54, 1.807) is 7.11 Å². The van der Waals surface area contributed by atoms with E-state index in [0.717, 1.165) is 31.4 Å². The molecule has 0 amide bonds. The Morgan fingerprint density at radius 1 is 1.23 bits per heavy atom. The van der Waals surface area contributed by atoms with E-state index in [1.165, 1.54) is 0 Å². The molecule has 2 nitrogen and oxygen atoms in total. The van der Waals surface area contributed by atoms with Gasteiger partial charge in [-0.15, -0.1) is 0 Å². The van der Waals surface area contributed by atoms with Gasteiger partial charge in [0.2, 0.25) is 0 Å². The van der Waals surface area contributed by atoms with Crippen molar-refractivity contribution < 1.29 is 4.74 Å². The largest absolute Gasteiger partial charge is 0.385 e. The molecule has 13 heavy (non-hydrogen) atoms.